The molecule has 3 rings (SSSR count). The van der Waals surface area contributed by atoms with Crippen LogP contribution in [0.1, 0.15) is 73.7 Å². The van der Waals surface area contributed by atoms with Gasteiger partial charge < -0.3 is 5.11 Å². The number of aliphatic hydroxyl groups is 1. The molecule has 0 spiro atoms. The van der Waals surface area contributed by atoms with Crippen molar-refractivity contribution in [2.45, 2.75) is 63.4 Å². The third-order valence-corrected chi connectivity index (χ3v) is 4.53. The van der Waals surface area contributed by atoms with Crippen molar-refractivity contribution in [2.75, 3.05) is 0 Å². The summed E-state index contributed by atoms with van der Waals surface area (Å²) in [5.41, 5.74) is 4.08. The molecule has 0 aromatic heterocycles. The second-order valence-corrected chi connectivity index (χ2v) is 5.70. The molecular weight excluding hydrogens is 208 g/mol. The molecular formula is C16H22O. The lowest BCUT2D eigenvalue weighted by Crippen LogP contribution is -2.11. The van der Waals surface area contributed by atoms with Gasteiger partial charge in [0.2, 0.25) is 0 Å². The van der Waals surface area contributed by atoms with Crippen LogP contribution >= 0.6 is 0 Å². The van der Waals surface area contributed by atoms with Gasteiger partial charge in [0.1, 0.15) is 0 Å². The van der Waals surface area contributed by atoms with E-state index < -0.39 is 0 Å². The molecule has 1 heteroatoms. The first-order valence-electron chi connectivity index (χ1n) is 7.15. The monoisotopic (exact) mass is 230 g/mol. The maximum Gasteiger partial charge on any atom is 0.0792 e. The van der Waals surface area contributed by atoms with Gasteiger partial charge in [-0.25, -0.2) is 0 Å². The molecule has 0 unspecified atom stereocenters. The maximum absolute atomic E-state index is 10.1. The normalized spacial score (nSPS) is 25.6. The van der Waals surface area contributed by atoms with Crippen LogP contribution in [0.25, 0.3) is 0 Å². The van der Waals surface area contributed by atoms with Crippen LogP contribution in [0.15, 0.2) is 18.2 Å². The zero-order valence-electron chi connectivity index (χ0n) is 10.5. The molecule has 92 valence electrons. The van der Waals surface area contributed by atoms with E-state index in [-0.39, 0.29) is 6.10 Å². The number of benzene rings is 1. The van der Waals surface area contributed by atoms with Crippen LogP contribution in [-0.4, -0.2) is 5.11 Å². The first kappa shape index (κ1) is 11.3. The molecule has 0 heterocycles. The second kappa shape index (κ2) is 4.81. The van der Waals surface area contributed by atoms with E-state index in [0.29, 0.717) is 0 Å². The number of rotatable bonds is 1. The van der Waals surface area contributed by atoms with E-state index in [9.17, 15) is 5.11 Å². The van der Waals surface area contributed by atoms with E-state index in [2.05, 4.69) is 18.2 Å². The Bertz CT molecular complexity index is 391. The minimum atomic E-state index is -0.206. The van der Waals surface area contributed by atoms with Gasteiger partial charge in [0.05, 0.1) is 6.10 Å². The predicted octanol–water partition coefficient (Wildman–Crippen LogP) is 4.10. The molecule has 1 N–H and O–H groups in total. The van der Waals surface area contributed by atoms with E-state index >= 15 is 0 Å². The van der Waals surface area contributed by atoms with Crippen molar-refractivity contribution in [1.29, 1.82) is 0 Å². The van der Waals surface area contributed by atoms with Gasteiger partial charge in [-0.3, -0.25) is 0 Å². The molecule has 1 fully saturated rings. The van der Waals surface area contributed by atoms with Gasteiger partial charge in [0, 0.05) is 0 Å². The molecule has 0 amide bonds. The lowest BCUT2D eigenvalue weighted by Gasteiger charge is -2.26. The van der Waals surface area contributed by atoms with Gasteiger partial charge in [-0.05, 0) is 54.7 Å². The van der Waals surface area contributed by atoms with Crippen LogP contribution in [0, 0.1) is 0 Å². The number of hydrogen-bond acceptors (Lipinski definition) is 1. The van der Waals surface area contributed by atoms with Crippen LogP contribution in [0.2, 0.25) is 0 Å². The van der Waals surface area contributed by atoms with Crippen molar-refractivity contribution >= 4 is 0 Å². The minimum Gasteiger partial charge on any atom is -0.388 e. The number of hydrogen-bond donors (Lipinski definition) is 1. The quantitative estimate of drug-likeness (QED) is 0.770. The largest absolute Gasteiger partial charge is 0.388 e. The molecule has 0 aliphatic heterocycles. The van der Waals surface area contributed by atoms with E-state index in [4.69, 9.17) is 0 Å². The highest BCUT2D eigenvalue weighted by Gasteiger charge is 2.21. The SMILES string of the molecule is O[C@@H]1CCCc2ccc(C3CCCCC3)cc21. The Labute approximate surface area is 104 Å². The Balaban J connectivity index is 1.88. The van der Waals surface area contributed by atoms with E-state index in [0.717, 1.165) is 25.2 Å². The third kappa shape index (κ3) is 2.26. The van der Waals surface area contributed by atoms with Crippen molar-refractivity contribution in [2.24, 2.45) is 0 Å². The molecule has 1 aromatic carbocycles. The molecule has 1 aromatic rings. The summed E-state index contributed by atoms with van der Waals surface area (Å²) < 4.78 is 0. The molecule has 17 heavy (non-hydrogen) atoms. The Morgan fingerprint density at radius 2 is 1.76 bits per heavy atom. The van der Waals surface area contributed by atoms with Crippen LogP contribution in [0.5, 0.6) is 0 Å². The predicted molar refractivity (Wildman–Crippen MR) is 70.2 cm³/mol. The second-order valence-electron chi connectivity index (χ2n) is 5.70. The summed E-state index contributed by atoms with van der Waals surface area (Å²) >= 11 is 0. The molecule has 2 aliphatic carbocycles. The molecule has 1 atom stereocenters. The van der Waals surface area contributed by atoms with Crippen LogP contribution in [0.4, 0.5) is 0 Å². The average Bonchev–Trinajstić information content (AvgIpc) is 2.40. The highest BCUT2D eigenvalue weighted by atomic mass is 16.3. The Morgan fingerprint density at radius 1 is 0.941 bits per heavy atom. The van der Waals surface area contributed by atoms with Crippen molar-refractivity contribution in [3.63, 3.8) is 0 Å². The average molecular weight is 230 g/mol. The topological polar surface area (TPSA) is 20.2 Å². The fraction of sp³-hybridized carbons (Fsp3) is 0.625. The summed E-state index contributed by atoms with van der Waals surface area (Å²) in [5.74, 6) is 0.753. The molecule has 0 radical (unpaired) electrons. The van der Waals surface area contributed by atoms with Crippen molar-refractivity contribution in [3.05, 3.63) is 34.9 Å². The van der Waals surface area contributed by atoms with Crippen LogP contribution in [0.3, 0.4) is 0 Å². The zero-order valence-corrected chi connectivity index (χ0v) is 10.5. The molecule has 0 saturated heterocycles. The lowest BCUT2D eigenvalue weighted by atomic mass is 9.81. The van der Waals surface area contributed by atoms with E-state index in [1.165, 1.54) is 48.8 Å². The van der Waals surface area contributed by atoms with E-state index in [1.807, 2.05) is 0 Å². The molecule has 0 bridgehead atoms. The van der Waals surface area contributed by atoms with Gasteiger partial charge >= 0.3 is 0 Å². The highest BCUT2D eigenvalue weighted by molar-refractivity contribution is 5.37. The van der Waals surface area contributed by atoms with Crippen molar-refractivity contribution < 1.29 is 5.11 Å². The first-order chi connectivity index (χ1) is 8.34. The van der Waals surface area contributed by atoms with Gasteiger partial charge in [0.15, 0.2) is 0 Å². The standard InChI is InChI=1S/C16H22O/c17-16-8-4-7-13-9-10-14(11-15(13)16)12-5-2-1-3-6-12/h9-12,16-17H,1-8H2/t16-/m1/s1. The molecule has 1 nitrogen and oxygen atoms in total. The smallest absolute Gasteiger partial charge is 0.0792 e. The summed E-state index contributed by atoms with van der Waals surface area (Å²) in [6.45, 7) is 0. The summed E-state index contributed by atoms with van der Waals surface area (Å²) in [6.07, 6.45) is 9.87. The van der Waals surface area contributed by atoms with Gasteiger partial charge in [0.25, 0.3) is 0 Å². The first-order valence-corrected chi connectivity index (χ1v) is 7.15. The van der Waals surface area contributed by atoms with Crippen molar-refractivity contribution in [1.82, 2.24) is 0 Å². The summed E-state index contributed by atoms with van der Waals surface area (Å²) in [5, 5.41) is 10.1. The number of aliphatic hydroxyl groups excluding tert-OH is 1. The van der Waals surface area contributed by atoms with Gasteiger partial charge in [-0.1, -0.05) is 37.5 Å². The van der Waals surface area contributed by atoms with Crippen LogP contribution in [-0.2, 0) is 6.42 Å². The molecule has 1 saturated carbocycles. The Kier molecular flexibility index (Phi) is 3.19. The maximum atomic E-state index is 10.1. The summed E-state index contributed by atoms with van der Waals surface area (Å²) in [4.78, 5) is 0. The Hall–Kier alpha value is -0.820. The van der Waals surface area contributed by atoms with Crippen LogP contribution < -0.4 is 0 Å². The third-order valence-electron chi connectivity index (χ3n) is 4.53. The van der Waals surface area contributed by atoms with Crippen molar-refractivity contribution in [3.8, 4) is 0 Å². The summed E-state index contributed by atoms with van der Waals surface area (Å²) in [6, 6.07) is 6.88. The Morgan fingerprint density at radius 3 is 2.59 bits per heavy atom. The summed E-state index contributed by atoms with van der Waals surface area (Å²) in [7, 11) is 0. The minimum absolute atomic E-state index is 0.206. The van der Waals surface area contributed by atoms with Gasteiger partial charge in [-0.2, -0.15) is 0 Å². The fourth-order valence-electron chi connectivity index (χ4n) is 3.48. The zero-order chi connectivity index (χ0) is 11.7. The number of fused-ring (bicyclic) bond motifs is 1. The van der Waals surface area contributed by atoms with Gasteiger partial charge in [-0.15, -0.1) is 0 Å². The van der Waals surface area contributed by atoms with E-state index in [1.54, 1.807) is 0 Å². The fourth-order valence-corrected chi connectivity index (χ4v) is 3.48. The lowest BCUT2D eigenvalue weighted by molar-refractivity contribution is 0.156. The number of aryl methyl sites for hydroxylation is 1. The highest BCUT2D eigenvalue weighted by Crippen LogP contribution is 2.36. The molecule has 2 aliphatic rings.